The number of halogens is 2. The predicted molar refractivity (Wildman–Crippen MR) is 103 cm³/mol. The van der Waals surface area contributed by atoms with Crippen molar-refractivity contribution in [1.29, 1.82) is 0 Å². The third kappa shape index (κ3) is 3.88. The molecule has 0 bridgehead atoms. The zero-order valence-corrected chi connectivity index (χ0v) is 15.7. The Bertz CT molecular complexity index is 646. The minimum atomic E-state index is 0. The lowest BCUT2D eigenvalue weighted by molar-refractivity contribution is 0.627. The maximum atomic E-state index is 5.02. The summed E-state index contributed by atoms with van der Waals surface area (Å²) < 4.78 is 0. The number of hydrogen-bond acceptors (Lipinski definition) is 2. The van der Waals surface area contributed by atoms with E-state index in [0.717, 1.165) is 32.4 Å². The molecule has 1 aliphatic rings. The molecule has 1 aliphatic heterocycles. The van der Waals surface area contributed by atoms with E-state index in [0.29, 0.717) is 0 Å². The van der Waals surface area contributed by atoms with Crippen LogP contribution < -0.4 is 5.32 Å². The molecule has 3 rings (SSSR count). The van der Waals surface area contributed by atoms with E-state index < -0.39 is 0 Å². The van der Waals surface area contributed by atoms with Gasteiger partial charge in [-0.3, -0.25) is 4.98 Å². The van der Waals surface area contributed by atoms with Crippen LogP contribution in [0.5, 0.6) is 0 Å². The third-order valence-corrected chi connectivity index (χ3v) is 4.53. The number of fused-ring (bicyclic) bond motifs is 1. The van der Waals surface area contributed by atoms with Crippen molar-refractivity contribution in [3.05, 3.63) is 52.2 Å². The third-order valence-electron chi connectivity index (χ3n) is 4.53. The summed E-state index contributed by atoms with van der Waals surface area (Å²) in [5.74, 6) is 0. The quantitative estimate of drug-likeness (QED) is 0.867. The number of aryl methyl sites for hydroxylation is 3. The molecule has 2 aromatic rings. The molecule has 1 N–H and O–H groups in total. The Labute approximate surface area is 151 Å². The lowest BCUT2D eigenvalue weighted by Crippen LogP contribution is -2.25. The summed E-state index contributed by atoms with van der Waals surface area (Å²) in [5, 5.41) is 3.45. The lowest BCUT2D eigenvalue weighted by atomic mass is 9.92. The van der Waals surface area contributed by atoms with E-state index in [1.165, 1.54) is 39.2 Å². The van der Waals surface area contributed by atoms with Crippen LogP contribution >= 0.6 is 24.8 Å². The van der Waals surface area contributed by atoms with Gasteiger partial charge in [0.25, 0.3) is 0 Å². The number of pyridine rings is 1. The lowest BCUT2D eigenvalue weighted by Gasteiger charge is -2.21. The molecular formula is C19H26Cl2N2. The van der Waals surface area contributed by atoms with Crippen LogP contribution in [0, 0.1) is 6.92 Å². The van der Waals surface area contributed by atoms with Gasteiger partial charge in [0, 0.05) is 30.8 Å². The Morgan fingerprint density at radius 1 is 1.09 bits per heavy atom. The minimum Gasteiger partial charge on any atom is -0.312 e. The van der Waals surface area contributed by atoms with Gasteiger partial charge in [-0.1, -0.05) is 32.0 Å². The standard InChI is InChI=1S/C19H24N2.2ClH/c1-4-14-7-6-8-15(5-2)19(14)18-11-13(3)16-12-20-10-9-17(16)21-18;;/h6-8,11,20H,4-5,9-10,12H2,1-3H3;2*1H. The molecule has 2 nitrogen and oxygen atoms in total. The molecule has 0 atom stereocenters. The second kappa shape index (κ2) is 8.68. The van der Waals surface area contributed by atoms with E-state index >= 15 is 0 Å². The highest BCUT2D eigenvalue weighted by Gasteiger charge is 2.17. The highest BCUT2D eigenvalue weighted by atomic mass is 35.5. The number of nitrogens with zero attached hydrogens (tertiary/aromatic N) is 1. The fraction of sp³-hybridized carbons (Fsp3) is 0.421. The van der Waals surface area contributed by atoms with Crippen molar-refractivity contribution >= 4 is 24.8 Å². The van der Waals surface area contributed by atoms with E-state index in [1.807, 2.05) is 0 Å². The van der Waals surface area contributed by atoms with Gasteiger partial charge in [-0.25, -0.2) is 0 Å². The Balaban J connectivity index is 0.00000132. The first-order valence-corrected chi connectivity index (χ1v) is 8.05. The maximum absolute atomic E-state index is 5.02. The Morgan fingerprint density at radius 3 is 2.35 bits per heavy atom. The first kappa shape index (κ1) is 20.0. The average molecular weight is 353 g/mol. The minimum absolute atomic E-state index is 0. The second-order valence-electron chi connectivity index (χ2n) is 5.83. The number of rotatable bonds is 3. The number of hydrogen-bond donors (Lipinski definition) is 1. The number of aromatic nitrogens is 1. The molecule has 2 heterocycles. The summed E-state index contributed by atoms with van der Waals surface area (Å²) in [6.45, 7) is 8.68. The van der Waals surface area contributed by atoms with Gasteiger partial charge < -0.3 is 5.32 Å². The van der Waals surface area contributed by atoms with Crippen LogP contribution in [-0.2, 0) is 25.8 Å². The Kier molecular flexibility index (Phi) is 7.53. The summed E-state index contributed by atoms with van der Waals surface area (Å²) in [6, 6.07) is 8.94. The van der Waals surface area contributed by atoms with E-state index in [-0.39, 0.29) is 24.8 Å². The number of nitrogens with one attached hydrogen (secondary N) is 1. The van der Waals surface area contributed by atoms with Crippen molar-refractivity contribution in [1.82, 2.24) is 10.3 Å². The fourth-order valence-electron chi connectivity index (χ4n) is 3.33. The van der Waals surface area contributed by atoms with Crippen LogP contribution in [0.1, 0.15) is 41.8 Å². The topological polar surface area (TPSA) is 24.9 Å². The molecule has 0 saturated heterocycles. The van der Waals surface area contributed by atoms with Crippen LogP contribution in [0.25, 0.3) is 11.3 Å². The van der Waals surface area contributed by atoms with Gasteiger partial charge in [-0.05, 0) is 48.1 Å². The van der Waals surface area contributed by atoms with Crippen LogP contribution in [0.2, 0.25) is 0 Å². The van der Waals surface area contributed by atoms with Gasteiger partial charge in [-0.2, -0.15) is 0 Å². The van der Waals surface area contributed by atoms with E-state index in [1.54, 1.807) is 0 Å². The first-order valence-electron chi connectivity index (χ1n) is 8.05. The smallest absolute Gasteiger partial charge is 0.0713 e. The van der Waals surface area contributed by atoms with Gasteiger partial charge in [-0.15, -0.1) is 24.8 Å². The van der Waals surface area contributed by atoms with Crippen molar-refractivity contribution in [2.45, 2.75) is 46.6 Å². The van der Waals surface area contributed by atoms with Gasteiger partial charge in [0.1, 0.15) is 0 Å². The van der Waals surface area contributed by atoms with Crippen molar-refractivity contribution < 1.29 is 0 Å². The molecular weight excluding hydrogens is 327 g/mol. The Morgan fingerprint density at radius 2 is 1.74 bits per heavy atom. The zero-order valence-electron chi connectivity index (χ0n) is 14.1. The van der Waals surface area contributed by atoms with Crippen LogP contribution in [0.4, 0.5) is 0 Å². The molecule has 1 aromatic heterocycles. The van der Waals surface area contributed by atoms with E-state index in [9.17, 15) is 0 Å². The fourth-order valence-corrected chi connectivity index (χ4v) is 3.33. The van der Waals surface area contributed by atoms with Crippen LogP contribution in [0.3, 0.4) is 0 Å². The molecule has 4 heteroatoms. The zero-order chi connectivity index (χ0) is 14.8. The molecule has 0 unspecified atom stereocenters. The SMILES string of the molecule is CCc1cccc(CC)c1-c1cc(C)c2c(n1)CCNC2.Cl.Cl. The summed E-state index contributed by atoms with van der Waals surface area (Å²) in [5.41, 5.74) is 9.42. The highest BCUT2D eigenvalue weighted by molar-refractivity contribution is 5.85. The van der Waals surface area contributed by atoms with Gasteiger partial charge in [0.05, 0.1) is 5.69 Å². The first-order chi connectivity index (χ1) is 10.2. The van der Waals surface area contributed by atoms with Crippen molar-refractivity contribution in [2.75, 3.05) is 6.54 Å². The highest BCUT2D eigenvalue weighted by Crippen LogP contribution is 2.30. The van der Waals surface area contributed by atoms with Crippen molar-refractivity contribution in [3.8, 4) is 11.3 Å². The summed E-state index contributed by atoms with van der Waals surface area (Å²) in [4.78, 5) is 5.02. The predicted octanol–water partition coefficient (Wildman–Crippen LogP) is 4.67. The van der Waals surface area contributed by atoms with E-state index in [2.05, 4.69) is 50.4 Å². The molecule has 0 amide bonds. The van der Waals surface area contributed by atoms with Crippen molar-refractivity contribution in [3.63, 3.8) is 0 Å². The van der Waals surface area contributed by atoms with Crippen LogP contribution in [0.15, 0.2) is 24.3 Å². The van der Waals surface area contributed by atoms with Gasteiger partial charge in [0.15, 0.2) is 0 Å². The monoisotopic (exact) mass is 352 g/mol. The Hall–Kier alpha value is -1.09. The van der Waals surface area contributed by atoms with Crippen molar-refractivity contribution in [2.24, 2.45) is 0 Å². The molecule has 0 radical (unpaired) electrons. The largest absolute Gasteiger partial charge is 0.312 e. The number of benzene rings is 1. The summed E-state index contributed by atoms with van der Waals surface area (Å²) in [7, 11) is 0. The van der Waals surface area contributed by atoms with Gasteiger partial charge in [0.2, 0.25) is 0 Å². The molecule has 1 aromatic carbocycles. The normalized spacial score (nSPS) is 12.8. The second-order valence-corrected chi connectivity index (χ2v) is 5.83. The van der Waals surface area contributed by atoms with Crippen LogP contribution in [-0.4, -0.2) is 11.5 Å². The molecule has 23 heavy (non-hydrogen) atoms. The van der Waals surface area contributed by atoms with E-state index in [4.69, 9.17) is 4.98 Å². The molecule has 0 aliphatic carbocycles. The average Bonchev–Trinajstić information content (AvgIpc) is 2.54. The summed E-state index contributed by atoms with van der Waals surface area (Å²) >= 11 is 0. The molecule has 0 saturated carbocycles. The van der Waals surface area contributed by atoms with Gasteiger partial charge >= 0.3 is 0 Å². The maximum Gasteiger partial charge on any atom is 0.0713 e. The molecule has 0 spiro atoms. The molecule has 126 valence electrons. The summed E-state index contributed by atoms with van der Waals surface area (Å²) in [6.07, 6.45) is 3.16. The molecule has 0 fully saturated rings.